The highest BCUT2D eigenvalue weighted by atomic mass is 32.2. The number of aromatic nitrogens is 2. The van der Waals surface area contributed by atoms with Gasteiger partial charge in [-0.05, 0) is 53.9 Å². The zero-order valence-electron chi connectivity index (χ0n) is 20.7. The van der Waals surface area contributed by atoms with E-state index in [1.165, 1.54) is 16.6 Å². The summed E-state index contributed by atoms with van der Waals surface area (Å²) in [6, 6.07) is 25.3. The Balaban J connectivity index is 1.63. The molecule has 192 valence electrons. The highest BCUT2D eigenvalue weighted by Crippen LogP contribution is 2.25. The molecule has 2 heterocycles. The van der Waals surface area contributed by atoms with E-state index in [4.69, 9.17) is 5.11 Å². The Kier molecular flexibility index (Phi) is 8.48. The molecule has 8 nitrogen and oxygen atoms in total. The maximum Gasteiger partial charge on any atom is 0.322 e. The van der Waals surface area contributed by atoms with Crippen molar-refractivity contribution < 1.29 is 18.3 Å². The second kappa shape index (κ2) is 12.1. The largest absolute Gasteiger partial charge is 0.480 e. The van der Waals surface area contributed by atoms with E-state index in [9.17, 15) is 13.2 Å². The van der Waals surface area contributed by atoms with Gasteiger partial charge in [-0.2, -0.15) is 4.31 Å². The van der Waals surface area contributed by atoms with Gasteiger partial charge in [0.2, 0.25) is 0 Å². The third-order valence-corrected chi connectivity index (χ3v) is 7.33. The molecule has 4 rings (SSSR count). The standard InChI is InChI=1S/C29H26N4O4S/c1-2-8-23-9-3-4-11-26(23)24-16-14-22(15-17-24)20-33(38(36,37)28-13-5-6-18-30-28)21-25-10-7-12-27(32-25)31-19-29(34)35/h3-7,9-18H,19-21H2,1H3,(H,31,32)(H,34,35). The summed E-state index contributed by atoms with van der Waals surface area (Å²) in [5, 5.41) is 11.6. The Morgan fingerprint density at radius 3 is 2.42 bits per heavy atom. The van der Waals surface area contributed by atoms with Crippen LogP contribution in [0.3, 0.4) is 0 Å². The Morgan fingerprint density at radius 1 is 0.947 bits per heavy atom. The van der Waals surface area contributed by atoms with Gasteiger partial charge < -0.3 is 10.4 Å². The fourth-order valence-electron chi connectivity index (χ4n) is 3.84. The van der Waals surface area contributed by atoms with E-state index in [0.29, 0.717) is 11.5 Å². The smallest absolute Gasteiger partial charge is 0.322 e. The number of rotatable bonds is 10. The molecule has 4 aromatic rings. The van der Waals surface area contributed by atoms with Gasteiger partial charge >= 0.3 is 5.97 Å². The van der Waals surface area contributed by atoms with E-state index in [1.807, 2.05) is 48.5 Å². The molecule has 0 fully saturated rings. The van der Waals surface area contributed by atoms with Gasteiger partial charge in [0.1, 0.15) is 12.4 Å². The van der Waals surface area contributed by atoms with Crippen molar-refractivity contribution >= 4 is 21.8 Å². The number of carboxylic acids is 1. The first-order chi connectivity index (χ1) is 18.4. The minimum Gasteiger partial charge on any atom is -0.480 e. The number of nitrogens with one attached hydrogen (secondary N) is 1. The van der Waals surface area contributed by atoms with Crippen LogP contribution in [0.1, 0.15) is 23.7 Å². The lowest BCUT2D eigenvalue weighted by molar-refractivity contribution is -0.134. The number of pyridine rings is 2. The van der Waals surface area contributed by atoms with E-state index in [0.717, 1.165) is 22.3 Å². The summed E-state index contributed by atoms with van der Waals surface area (Å²) in [6.07, 6.45) is 1.44. The second-order valence-corrected chi connectivity index (χ2v) is 10.2. The van der Waals surface area contributed by atoms with Crippen LogP contribution in [-0.2, 0) is 27.9 Å². The highest BCUT2D eigenvalue weighted by Gasteiger charge is 2.26. The molecule has 0 amide bonds. The molecule has 9 heteroatoms. The molecule has 0 unspecified atom stereocenters. The number of carbonyl (C=O) groups is 1. The van der Waals surface area contributed by atoms with Crippen molar-refractivity contribution in [3.05, 3.63) is 108 Å². The number of carboxylic acid groups (broad SMARTS) is 1. The molecule has 0 bridgehead atoms. The molecule has 2 N–H and O–H groups in total. The SMILES string of the molecule is CC#Cc1ccccc1-c1ccc(CN(Cc2cccc(NCC(=O)O)n2)S(=O)(=O)c2ccccn2)cc1. The summed E-state index contributed by atoms with van der Waals surface area (Å²) in [7, 11) is -3.96. The van der Waals surface area contributed by atoms with Crippen LogP contribution in [0.5, 0.6) is 0 Å². The van der Waals surface area contributed by atoms with Crippen LogP contribution in [0, 0.1) is 11.8 Å². The molecule has 0 atom stereocenters. The molecule has 2 aromatic carbocycles. The Morgan fingerprint density at radius 2 is 1.71 bits per heavy atom. The minimum atomic E-state index is -3.96. The Bertz CT molecular complexity index is 1580. The number of hydrogen-bond donors (Lipinski definition) is 2. The van der Waals surface area contributed by atoms with Gasteiger partial charge in [-0.1, -0.05) is 60.5 Å². The van der Waals surface area contributed by atoms with Gasteiger partial charge in [-0.3, -0.25) is 4.79 Å². The summed E-state index contributed by atoms with van der Waals surface area (Å²) in [4.78, 5) is 19.4. The summed E-state index contributed by atoms with van der Waals surface area (Å²) >= 11 is 0. The highest BCUT2D eigenvalue weighted by molar-refractivity contribution is 7.89. The Hall–Kier alpha value is -4.52. The van der Waals surface area contributed by atoms with Crippen molar-refractivity contribution in [2.75, 3.05) is 11.9 Å². The molecule has 0 saturated heterocycles. The molecular formula is C29H26N4O4S. The van der Waals surface area contributed by atoms with Gasteiger partial charge in [0.25, 0.3) is 10.0 Å². The number of nitrogens with zero attached hydrogens (tertiary/aromatic N) is 3. The molecule has 0 aliphatic carbocycles. The number of hydrogen-bond acceptors (Lipinski definition) is 6. The average molecular weight is 527 g/mol. The lowest BCUT2D eigenvalue weighted by Crippen LogP contribution is -2.31. The lowest BCUT2D eigenvalue weighted by atomic mass is 9.99. The summed E-state index contributed by atoms with van der Waals surface area (Å²) in [5.41, 5.74) is 4.15. The first-order valence-electron chi connectivity index (χ1n) is 11.8. The van der Waals surface area contributed by atoms with Crippen molar-refractivity contribution in [3.63, 3.8) is 0 Å². The summed E-state index contributed by atoms with van der Waals surface area (Å²) in [6.45, 7) is 1.55. The van der Waals surface area contributed by atoms with Gasteiger partial charge in [0.15, 0.2) is 5.03 Å². The van der Waals surface area contributed by atoms with Crippen LogP contribution in [0.4, 0.5) is 5.82 Å². The minimum absolute atomic E-state index is 0.0296. The average Bonchev–Trinajstić information content (AvgIpc) is 2.93. The monoisotopic (exact) mass is 526 g/mol. The van der Waals surface area contributed by atoms with Gasteiger partial charge in [0.05, 0.1) is 12.2 Å². The quantitative estimate of drug-likeness (QED) is 0.295. The maximum absolute atomic E-state index is 13.6. The molecule has 0 aliphatic rings. The van der Waals surface area contributed by atoms with Gasteiger partial charge in [-0.25, -0.2) is 18.4 Å². The second-order valence-electron chi connectivity index (χ2n) is 8.32. The van der Waals surface area contributed by atoms with Crippen LogP contribution in [0.15, 0.2) is 96.2 Å². The van der Waals surface area contributed by atoms with E-state index in [1.54, 1.807) is 37.3 Å². The normalized spacial score (nSPS) is 11.0. The van der Waals surface area contributed by atoms with Crippen molar-refractivity contribution in [1.29, 1.82) is 0 Å². The van der Waals surface area contributed by atoms with Crippen LogP contribution >= 0.6 is 0 Å². The van der Waals surface area contributed by atoms with Crippen LogP contribution < -0.4 is 5.32 Å². The molecule has 0 aliphatic heterocycles. The molecule has 0 radical (unpaired) electrons. The van der Waals surface area contributed by atoms with Crippen LogP contribution in [0.2, 0.25) is 0 Å². The third kappa shape index (κ3) is 6.62. The van der Waals surface area contributed by atoms with Crippen LogP contribution in [0.25, 0.3) is 11.1 Å². The van der Waals surface area contributed by atoms with Crippen LogP contribution in [-0.4, -0.2) is 40.3 Å². The number of aliphatic carboxylic acids is 1. The van der Waals surface area contributed by atoms with Gasteiger partial charge in [-0.15, -0.1) is 5.92 Å². The molecule has 2 aromatic heterocycles. The Labute approximate surface area is 222 Å². The van der Waals surface area contributed by atoms with E-state index >= 15 is 0 Å². The molecule has 0 spiro atoms. The van der Waals surface area contributed by atoms with E-state index in [-0.39, 0.29) is 24.7 Å². The fourth-order valence-corrected chi connectivity index (χ4v) is 5.17. The number of anilines is 1. The molecular weight excluding hydrogens is 500 g/mol. The zero-order chi connectivity index (χ0) is 27.0. The fraction of sp³-hybridized carbons (Fsp3) is 0.138. The maximum atomic E-state index is 13.6. The summed E-state index contributed by atoms with van der Waals surface area (Å²) < 4.78 is 28.5. The number of benzene rings is 2. The molecule has 38 heavy (non-hydrogen) atoms. The molecule has 0 saturated carbocycles. The van der Waals surface area contributed by atoms with Crippen molar-refractivity contribution in [2.45, 2.75) is 25.0 Å². The first-order valence-corrected chi connectivity index (χ1v) is 13.2. The van der Waals surface area contributed by atoms with E-state index < -0.39 is 16.0 Å². The lowest BCUT2D eigenvalue weighted by Gasteiger charge is -2.22. The van der Waals surface area contributed by atoms with Gasteiger partial charge in [0, 0.05) is 18.3 Å². The van der Waals surface area contributed by atoms with Crippen molar-refractivity contribution in [3.8, 4) is 23.0 Å². The zero-order valence-corrected chi connectivity index (χ0v) is 21.5. The first kappa shape index (κ1) is 26.5. The van der Waals surface area contributed by atoms with E-state index in [2.05, 4.69) is 27.1 Å². The van der Waals surface area contributed by atoms with Crippen molar-refractivity contribution in [2.24, 2.45) is 0 Å². The topological polar surface area (TPSA) is 112 Å². The summed E-state index contributed by atoms with van der Waals surface area (Å²) in [5.74, 6) is 5.37. The van der Waals surface area contributed by atoms with Crippen molar-refractivity contribution in [1.82, 2.24) is 14.3 Å². The predicted molar refractivity (Wildman–Crippen MR) is 145 cm³/mol. The number of sulfonamides is 1. The third-order valence-electron chi connectivity index (χ3n) is 5.62. The predicted octanol–water partition coefficient (Wildman–Crippen LogP) is 4.40.